The summed E-state index contributed by atoms with van der Waals surface area (Å²) >= 11 is 0. The normalized spacial score (nSPS) is 14.5. The van der Waals surface area contributed by atoms with E-state index in [1.54, 1.807) is 0 Å². The van der Waals surface area contributed by atoms with Crippen molar-refractivity contribution in [2.24, 2.45) is 0 Å². The highest BCUT2D eigenvalue weighted by Gasteiger charge is 2.30. The first-order valence-electron chi connectivity index (χ1n) is 50.1. The van der Waals surface area contributed by atoms with Gasteiger partial charge in [-0.1, -0.05) is 421 Å². The fourth-order valence-corrected chi connectivity index (χ4v) is 15.2. The van der Waals surface area contributed by atoms with Crippen LogP contribution >= 0.6 is 15.6 Å². The Morgan fingerprint density at radius 2 is 0.424 bits per heavy atom. The van der Waals surface area contributed by atoms with Crippen molar-refractivity contribution in [3.8, 4) is 0 Å². The third-order valence-corrected chi connectivity index (χ3v) is 23.0. The molecule has 0 aromatic heterocycles. The van der Waals surface area contributed by atoms with E-state index in [1.165, 1.54) is 199 Å². The fraction of sp³-hybridized carbons (Fsp3) is 0.692. The average molecular weight is 1790 g/mol. The number of aliphatic hydroxyl groups excluding tert-OH is 2. The molecule has 0 fully saturated rings. The summed E-state index contributed by atoms with van der Waals surface area (Å²) in [6, 6.07) is 0. The lowest BCUT2D eigenvalue weighted by Gasteiger charge is -2.21. The van der Waals surface area contributed by atoms with E-state index >= 15 is 0 Å². The third kappa shape index (κ3) is 99.1. The van der Waals surface area contributed by atoms with E-state index in [0.717, 1.165) is 161 Å². The Kier molecular flexibility index (Phi) is 93.5. The molecule has 0 aliphatic heterocycles. The minimum absolute atomic E-state index is 0.0794. The lowest BCUT2D eigenvalue weighted by molar-refractivity contribution is -0.161. The molecule has 0 saturated heterocycles. The number of carbonyl (C=O) groups is 3. The van der Waals surface area contributed by atoms with Crippen molar-refractivity contribution in [2.75, 3.05) is 39.6 Å². The second-order valence-electron chi connectivity index (χ2n) is 33.2. The summed E-state index contributed by atoms with van der Waals surface area (Å²) in [5.74, 6) is -1.59. The summed E-state index contributed by atoms with van der Waals surface area (Å²) in [5, 5.41) is 20.8. The molecule has 0 bridgehead atoms. The molecule has 0 rings (SSSR count). The molecule has 0 aliphatic carbocycles. The Bertz CT molecular complexity index is 3000. The van der Waals surface area contributed by atoms with Gasteiger partial charge in [0.25, 0.3) is 0 Å². The van der Waals surface area contributed by atoms with Crippen molar-refractivity contribution < 1.29 is 75.8 Å². The monoisotopic (exact) mass is 1790 g/mol. The van der Waals surface area contributed by atoms with Gasteiger partial charge in [-0.3, -0.25) is 32.5 Å². The van der Waals surface area contributed by atoms with Gasteiger partial charge in [-0.05, 0) is 161 Å². The Morgan fingerprint density at radius 1 is 0.232 bits per heavy atom. The van der Waals surface area contributed by atoms with Crippen LogP contribution in [0.15, 0.2) is 182 Å². The maximum Gasteiger partial charge on any atom is 0.472 e. The Labute approximate surface area is 764 Å². The van der Waals surface area contributed by atoms with E-state index in [0.29, 0.717) is 19.3 Å². The van der Waals surface area contributed by atoms with Gasteiger partial charge in [0.15, 0.2) is 6.10 Å². The first kappa shape index (κ1) is 120. The largest absolute Gasteiger partial charge is 0.472 e. The van der Waals surface area contributed by atoms with E-state index in [-0.39, 0.29) is 19.3 Å². The van der Waals surface area contributed by atoms with Gasteiger partial charge in [0, 0.05) is 19.3 Å². The topological polar surface area (TPSA) is 231 Å². The number of hydrogen-bond donors (Lipinski definition) is 4. The molecule has 4 N–H and O–H groups in total. The number of phosphoric ester groups is 2. The van der Waals surface area contributed by atoms with Crippen LogP contribution in [0.2, 0.25) is 0 Å². The zero-order valence-electron chi connectivity index (χ0n) is 79.2. The number of unbranched alkanes of at least 4 members (excludes halogenated alkanes) is 41. The minimum atomic E-state index is -4.95. The van der Waals surface area contributed by atoms with Gasteiger partial charge in [0.2, 0.25) is 0 Å². The van der Waals surface area contributed by atoms with Gasteiger partial charge < -0.3 is 34.2 Å². The van der Waals surface area contributed by atoms with Crippen molar-refractivity contribution in [1.29, 1.82) is 0 Å². The van der Waals surface area contributed by atoms with E-state index in [1.807, 2.05) is 0 Å². The molecule has 0 aromatic carbocycles. The van der Waals surface area contributed by atoms with Gasteiger partial charge in [0.05, 0.1) is 26.4 Å². The van der Waals surface area contributed by atoms with E-state index in [4.69, 9.17) is 32.3 Å². The molecule has 5 unspecified atom stereocenters. The number of allylic oxidation sites excluding steroid dienone is 30. The zero-order valence-corrected chi connectivity index (χ0v) is 81.0. The van der Waals surface area contributed by atoms with Crippen molar-refractivity contribution in [2.45, 2.75) is 437 Å². The molecule has 0 aliphatic rings. The van der Waals surface area contributed by atoms with E-state index in [2.05, 4.69) is 203 Å². The molecule has 125 heavy (non-hydrogen) atoms. The predicted molar refractivity (Wildman–Crippen MR) is 528 cm³/mol. The smallest absolute Gasteiger partial charge is 0.463 e. The Morgan fingerprint density at radius 3 is 0.672 bits per heavy atom. The summed E-state index contributed by atoms with van der Waals surface area (Å²) in [4.78, 5) is 59.1. The molecule has 16 nitrogen and oxygen atoms in total. The molecular formula is C107H182O16P2. The highest BCUT2D eigenvalue weighted by molar-refractivity contribution is 7.47. The molecule has 0 aromatic rings. The van der Waals surface area contributed by atoms with Crippen LogP contribution in [0, 0.1) is 0 Å². The lowest BCUT2D eigenvalue weighted by atomic mass is 10.0. The second-order valence-corrected chi connectivity index (χ2v) is 36.1. The summed E-state index contributed by atoms with van der Waals surface area (Å²) in [6.07, 6.45) is 130. The SMILES string of the molecule is CC/C=C\C/C=C\C/C=C\C/C=C\C/C=C\C/C=C\CCCCCCCCCCCCCCCCCCC(=O)OCC(O)COP(=O)(O)OCC(O)COP(=O)(O)OCC(COC(=O)CCCCCCCCCCCCCCCCCCC/C=C\C/C=C\C/C=C\C/C=C\CCCCC)OC(=O)CCCCCCC/C=C\C/C=C\C/C=C\C/C=C\C/C=C\CC. The van der Waals surface area contributed by atoms with Crippen LogP contribution in [-0.4, -0.2) is 95.9 Å². The van der Waals surface area contributed by atoms with Gasteiger partial charge in [-0.15, -0.1) is 0 Å². The third-order valence-electron chi connectivity index (χ3n) is 21.1. The van der Waals surface area contributed by atoms with Crippen molar-refractivity contribution >= 4 is 33.6 Å². The molecule has 0 spiro atoms. The second kappa shape index (κ2) is 97.7. The van der Waals surface area contributed by atoms with Crippen LogP contribution in [-0.2, 0) is 55.8 Å². The first-order chi connectivity index (χ1) is 61.2. The van der Waals surface area contributed by atoms with Gasteiger partial charge in [0.1, 0.15) is 25.4 Å². The number of ether oxygens (including phenoxy) is 3. The Balaban J connectivity index is 4.54. The Hall–Kier alpha value is -5.35. The first-order valence-corrected chi connectivity index (χ1v) is 53.1. The highest BCUT2D eigenvalue weighted by atomic mass is 31.2. The van der Waals surface area contributed by atoms with Crippen molar-refractivity contribution in [1.82, 2.24) is 0 Å². The summed E-state index contributed by atoms with van der Waals surface area (Å²) < 4.78 is 61.6. The summed E-state index contributed by atoms with van der Waals surface area (Å²) in [7, 11) is -9.82. The van der Waals surface area contributed by atoms with Crippen LogP contribution in [0.5, 0.6) is 0 Å². The molecule has 0 heterocycles. The van der Waals surface area contributed by atoms with Crippen LogP contribution in [0.25, 0.3) is 0 Å². The molecule has 0 saturated carbocycles. The van der Waals surface area contributed by atoms with Crippen molar-refractivity contribution in [3.05, 3.63) is 182 Å². The lowest BCUT2D eigenvalue weighted by Crippen LogP contribution is -2.30. The van der Waals surface area contributed by atoms with E-state index in [9.17, 15) is 43.5 Å². The van der Waals surface area contributed by atoms with Crippen LogP contribution in [0.1, 0.15) is 419 Å². The predicted octanol–water partition coefficient (Wildman–Crippen LogP) is 31.6. The zero-order chi connectivity index (χ0) is 90.7. The number of rotatable bonds is 94. The molecule has 18 heteroatoms. The number of phosphoric acid groups is 2. The van der Waals surface area contributed by atoms with Crippen LogP contribution < -0.4 is 0 Å². The van der Waals surface area contributed by atoms with Crippen LogP contribution in [0.4, 0.5) is 0 Å². The van der Waals surface area contributed by atoms with Crippen molar-refractivity contribution in [3.63, 3.8) is 0 Å². The summed E-state index contributed by atoms with van der Waals surface area (Å²) in [5.41, 5.74) is 0. The molecule has 5 atom stereocenters. The summed E-state index contributed by atoms with van der Waals surface area (Å²) in [6.45, 7) is 2.46. The maximum atomic E-state index is 13.1. The van der Waals surface area contributed by atoms with Crippen LogP contribution in [0.3, 0.4) is 0 Å². The molecular weight excluding hydrogens is 1600 g/mol. The number of hydrogen-bond acceptors (Lipinski definition) is 14. The number of carbonyl (C=O) groups excluding carboxylic acids is 3. The van der Waals surface area contributed by atoms with Gasteiger partial charge >= 0.3 is 33.6 Å². The molecule has 0 amide bonds. The molecule has 716 valence electrons. The fourth-order valence-electron chi connectivity index (χ4n) is 13.6. The molecule has 0 radical (unpaired) electrons. The van der Waals surface area contributed by atoms with E-state index < -0.39 is 91.5 Å². The number of aliphatic hydroxyl groups is 2. The minimum Gasteiger partial charge on any atom is -0.463 e. The number of esters is 3. The van der Waals surface area contributed by atoms with Gasteiger partial charge in [-0.25, -0.2) is 9.13 Å². The standard InChI is InChI=1S/C107H182O16P2/c1-4-7-10-13-16-19-22-25-28-31-34-37-39-41-43-45-47-49-50-52-54-55-57-59-61-64-66-69-72-75-78-81-84-87-90-93-105(110)117-96-102(108)97-119-124(113,114)120-98-103(109)99-121-125(115,116)122-101-104(123-107(112)95-92-89-86-83-80-77-74-71-68-63-36-33-30-27-24-21-18-15-12-9-6-3)100-118-106(111)94-91-88-85-82-79-76-73-70-67-65-62-60-58-56-53-51-48-46-44-42-40-38-35-32-29-26-23-20-17-14-11-8-5-2/h7,9-10,12,16-21,25-30,34-38,41-44,47,49,63,71,74,102-104,108-109H,4-6,8,11,13-15,22-24,31-33,39-40,45-46,48,50-62,64-70,72-73,75-101H2,1-3H3,(H,113,114)(H,115,116)/b10-7-,12-9-,19-16-,20-17-,21-18-,28-25-,29-26-,30-27-,37-34-,38-35-,43-41-,44-42-,49-47-,63-36-,74-71-. The maximum absolute atomic E-state index is 13.1. The quantitative estimate of drug-likeness (QED) is 0.0146. The average Bonchev–Trinajstić information content (AvgIpc) is 0.895. The van der Waals surface area contributed by atoms with Gasteiger partial charge in [-0.2, -0.15) is 0 Å². The highest BCUT2D eigenvalue weighted by Crippen LogP contribution is 2.45.